The SMILES string of the molecule is CCOC(=O)N1CCC2(CC1)CC(=O)c1cc(N=C(N)N=C(N)N)ccc1O2. The maximum atomic E-state index is 12.8. The zero-order valence-electron chi connectivity index (χ0n) is 15.7. The summed E-state index contributed by atoms with van der Waals surface area (Å²) < 4.78 is 11.2. The number of piperidine rings is 1. The lowest BCUT2D eigenvalue weighted by Crippen LogP contribution is -2.52. The first-order valence-electron chi connectivity index (χ1n) is 9.04. The van der Waals surface area contributed by atoms with Crippen LogP contribution < -0.4 is 21.9 Å². The van der Waals surface area contributed by atoms with Gasteiger partial charge in [0.25, 0.3) is 0 Å². The van der Waals surface area contributed by atoms with E-state index in [1.54, 1.807) is 30.0 Å². The number of likely N-dealkylation sites (tertiary alicyclic amines) is 1. The molecule has 2 heterocycles. The van der Waals surface area contributed by atoms with E-state index in [1.807, 2.05) is 0 Å². The van der Waals surface area contributed by atoms with Crippen molar-refractivity contribution in [3.05, 3.63) is 23.8 Å². The van der Waals surface area contributed by atoms with Crippen LogP contribution >= 0.6 is 0 Å². The number of hydrogen-bond donors (Lipinski definition) is 3. The highest BCUT2D eigenvalue weighted by Gasteiger charge is 2.44. The van der Waals surface area contributed by atoms with Crippen molar-refractivity contribution in [2.45, 2.75) is 31.8 Å². The zero-order chi connectivity index (χ0) is 20.3. The van der Waals surface area contributed by atoms with Gasteiger partial charge in [0.05, 0.1) is 24.3 Å². The van der Waals surface area contributed by atoms with Crippen molar-refractivity contribution in [3.8, 4) is 5.75 Å². The summed E-state index contributed by atoms with van der Waals surface area (Å²) in [5, 5.41) is 0. The summed E-state index contributed by atoms with van der Waals surface area (Å²) in [4.78, 5) is 34.0. The molecule has 10 heteroatoms. The summed E-state index contributed by atoms with van der Waals surface area (Å²) in [5.74, 6) is 0.158. The third-order valence-corrected chi connectivity index (χ3v) is 4.76. The van der Waals surface area contributed by atoms with E-state index < -0.39 is 5.60 Å². The summed E-state index contributed by atoms with van der Waals surface area (Å²) in [6, 6.07) is 4.97. The van der Waals surface area contributed by atoms with Gasteiger partial charge in [0, 0.05) is 25.9 Å². The molecule has 0 unspecified atom stereocenters. The van der Waals surface area contributed by atoms with Gasteiger partial charge in [-0.3, -0.25) is 4.79 Å². The highest BCUT2D eigenvalue weighted by Crippen LogP contribution is 2.40. The number of Topliss-reactive ketones (excluding diaryl/α,β-unsaturated/α-hetero) is 1. The number of guanidine groups is 2. The van der Waals surface area contributed by atoms with Crippen LogP contribution in [0.4, 0.5) is 10.5 Å². The largest absolute Gasteiger partial charge is 0.486 e. The monoisotopic (exact) mass is 388 g/mol. The van der Waals surface area contributed by atoms with E-state index in [0.717, 1.165) is 0 Å². The number of carbonyl (C=O) groups excluding carboxylic acids is 2. The molecule has 1 saturated heterocycles. The van der Waals surface area contributed by atoms with Gasteiger partial charge >= 0.3 is 6.09 Å². The molecule has 150 valence electrons. The third kappa shape index (κ3) is 4.16. The summed E-state index contributed by atoms with van der Waals surface area (Å²) in [6.07, 6.45) is 1.04. The molecule has 28 heavy (non-hydrogen) atoms. The van der Waals surface area contributed by atoms with Crippen LogP contribution in [-0.4, -0.2) is 54.0 Å². The van der Waals surface area contributed by atoms with Crippen molar-refractivity contribution >= 4 is 29.5 Å². The van der Waals surface area contributed by atoms with Gasteiger partial charge in [-0.1, -0.05) is 0 Å². The lowest BCUT2D eigenvalue weighted by Gasteiger charge is -2.43. The number of ketones is 1. The van der Waals surface area contributed by atoms with Gasteiger partial charge in [0.15, 0.2) is 11.7 Å². The number of fused-ring (bicyclic) bond motifs is 1. The maximum Gasteiger partial charge on any atom is 0.409 e. The Morgan fingerprint density at radius 2 is 2.00 bits per heavy atom. The Bertz CT molecular complexity index is 838. The molecule has 2 aliphatic rings. The normalized spacial score (nSPS) is 18.2. The molecule has 0 radical (unpaired) electrons. The summed E-state index contributed by atoms with van der Waals surface area (Å²) in [5.41, 5.74) is 16.5. The molecule has 2 aliphatic heterocycles. The fourth-order valence-corrected chi connectivity index (χ4v) is 3.43. The predicted molar refractivity (Wildman–Crippen MR) is 104 cm³/mol. The minimum atomic E-state index is -0.602. The number of aliphatic imine (C=N–C) groups is 2. The summed E-state index contributed by atoms with van der Waals surface area (Å²) >= 11 is 0. The van der Waals surface area contributed by atoms with Gasteiger partial charge in [-0.05, 0) is 25.1 Å². The molecule has 3 rings (SSSR count). The van der Waals surface area contributed by atoms with E-state index in [9.17, 15) is 9.59 Å². The van der Waals surface area contributed by atoms with Crippen molar-refractivity contribution in [1.82, 2.24) is 4.90 Å². The van der Waals surface area contributed by atoms with E-state index >= 15 is 0 Å². The minimum absolute atomic E-state index is 0.0386. The van der Waals surface area contributed by atoms with E-state index in [-0.39, 0.29) is 30.2 Å². The number of carbonyl (C=O) groups is 2. The standard InChI is InChI=1S/C18H24N6O4/c1-2-27-17(26)24-7-5-18(6-8-24)10-13(25)12-9-11(3-4-14(12)28-18)22-16(21)23-15(19)20/h3-4,9H,2,5-8,10H2,1H3,(H6,19,20,21,22,23). The van der Waals surface area contributed by atoms with Crippen molar-refractivity contribution in [2.24, 2.45) is 27.2 Å². The van der Waals surface area contributed by atoms with Gasteiger partial charge in [-0.25, -0.2) is 9.79 Å². The Hall–Kier alpha value is -3.30. The molecule has 0 atom stereocenters. The Kier molecular flexibility index (Phi) is 5.39. The maximum absolute atomic E-state index is 12.8. The fraction of sp³-hybridized carbons (Fsp3) is 0.444. The van der Waals surface area contributed by atoms with E-state index in [0.29, 0.717) is 49.5 Å². The molecule has 1 aromatic carbocycles. The number of nitrogens with two attached hydrogens (primary N) is 3. The van der Waals surface area contributed by atoms with Gasteiger partial charge in [0.1, 0.15) is 11.4 Å². The predicted octanol–water partition coefficient (Wildman–Crippen LogP) is 0.863. The Morgan fingerprint density at radius 1 is 1.29 bits per heavy atom. The number of amides is 1. The van der Waals surface area contributed by atoms with Crippen LogP contribution in [0, 0.1) is 0 Å². The van der Waals surface area contributed by atoms with Gasteiger partial charge in [0.2, 0.25) is 5.96 Å². The second kappa shape index (κ2) is 7.75. The van der Waals surface area contributed by atoms with Crippen LogP contribution in [0.25, 0.3) is 0 Å². The van der Waals surface area contributed by atoms with Crippen molar-refractivity contribution in [3.63, 3.8) is 0 Å². The molecule has 1 amide bonds. The molecule has 0 saturated carbocycles. The first-order chi connectivity index (χ1) is 13.3. The number of rotatable bonds is 2. The molecular formula is C18H24N6O4. The van der Waals surface area contributed by atoms with E-state index in [1.165, 1.54) is 0 Å². The second-order valence-corrected chi connectivity index (χ2v) is 6.76. The molecule has 0 aliphatic carbocycles. The number of hydrogen-bond acceptors (Lipinski definition) is 5. The topological polar surface area (TPSA) is 159 Å². The Balaban J connectivity index is 1.75. The van der Waals surface area contributed by atoms with Crippen LogP contribution in [0.3, 0.4) is 0 Å². The van der Waals surface area contributed by atoms with Gasteiger partial charge in [-0.15, -0.1) is 0 Å². The summed E-state index contributed by atoms with van der Waals surface area (Å²) in [6.45, 7) is 3.07. The number of nitrogens with zero attached hydrogens (tertiary/aromatic N) is 3. The number of benzene rings is 1. The second-order valence-electron chi connectivity index (χ2n) is 6.76. The average molecular weight is 388 g/mol. The van der Waals surface area contributed by atoms with Gasteiger partial charge < -0.3 is 31.6 Å². The molecule has 6 N–H and O–H groups in total. The molecular weight excluding hydrogens is 364 g/mol. The van der Waals surface area contributed by atoms with Crippen LogP contribution in [0.5, 0.6) is 5.75 Å². The van der Waals surface area contributed by atoms with E-state index in [4.69, 9.17) is 26.7 Å². The minimum Gasteiger partial charge on any atom is -0.486 e. The fourth-order valence-electron chi connectivity index (χ4n) is 3.43. The first kappa shape index (κ1) is 19.5. The molecule has 1 spiro atoms. The molecule has 0 aromatic heterocycles. The quantitative estimate of drug-likeness (QED) is 0.500. The van der Waals surface area contributed by atoms with Crippen molar-refractivity contribution in [2.75, 3.05) is 19.7 Å². The lowest BCUT2D eigenvalue weighted by molar-refractivity contribution is -0.00858. The van der Waals surface area contributed by atoms with Crippen LogP contribution in [0.2, 0.25) is 0 Å². The van der Waals surface area contributed by atoms with Crippen molar-refractivity contribution < 1.29 is 19.1 Å². The van der Waals surface area contributed by atoms with Crippen LogP contribution in [-0.2, 0) is 4.74 Å². The Labute approximate surface area is 162 Å². The highest BCUT2D eigenvalue weighted by molar-refractivity contribution is 6.01. The summed E-state index contributed by atoms with van der Waals surface area (Å²) in [7, 11) is 0. The van der Waals surface area contributed by atoms with E-state index in [2.05, 4.69) is 9.98 Å². The number of ether oxygens (including phenoxy) is 2. The smallest absolute Gasteiger partial charge is 0.409 e. The molecule has 1 aromatic rings. The third-order valence-electron chi connectivity index (χ3n) is 4.76. The average Bonchev–Trinajstić information content (AvgIpc) is 2.62. The van der Waals surface area contributed by atoms with Gasteiger partial charge in [-0.2, -0.15) is 4.99 Å². The first-order valence-corrected chi connectivity index (χ1v) is 9.04. The Morgan fingerprint density at radius 3 is 2.64 bits per heavy atom. The molecule has 10 nitrogen and oxygen atoms in total. The zero-order valence-corrected chi connectivity index (χ0v) is 15.7. The highest BCUT2D eigenvalue weighted by atomic mass is 16.6. The molecule has 1 fully saturated rings. The lowest BCUT2D eigenvalue weighted by atomic mass is 9.82. The molecule has 0 bridgehead atoms. The van der Waals surface area contributed by atoms with Crippen LogP contribution in [0.15, 0.2) is 28.2 Å². The van der Waals surface area contributed by atoms with Crippen LogP contribution in [0.1, 0.15) is 36.5 Å². The van der Waals surface area contributed by atoms with Crippen molar-refractivity contribution in [1.29, 1.82) is 0 Å².